The smallest absolute Gasteiger partial charge is 0.336 e. The zero-order valence-electron chi connectivity index (χ0n) is 13.8. The number of aromatic nitrogens is 1. The second-order valence-electron chi connectivity index (χ2n) is 5.82. The van der Waals surface area contributed by atoms with E-state index in [2.05, 4.69) is 17.1 Å². The molecule has 0 aliphatic carbocycles. The first kappa shape index (κ1) is 16.3. The molecular formula is C21H15NO3S. The van der Waals surface area contributed by atoms with Gasteiger partial charge in [0.05, 0.1) is 5.56 Å². The number of nitrogens with zero attached hydrogens (tertiary/aromatic N) is 1. The number of rotatable bonds is 5. The Labute approximate surface area is 154 Å². The van der Waals surface area contributed by atoms with Crippen LogP contribution in [0.1, 0.15) is 15.2 Å². The number of pyridine rings is 1. The van der Waals surface area contributed by atoms with Crippen molar-refractivity contribution in [1.29, 1.82) is 0 Å². The van der Waals surface area contributed by atoms with E-state index in [1.165, 1.54) is 11.3 Å². The predicted octanol–water partition coefficient (Wildman–Crippen LogP) is 5.24. The van der Waals surface area contributed by atoms with Crippen molar-refractivity contribution in [2.24, 2.45) is 0 Å². The van der Waals surface area contributed by atoms with Crippen LogP contribution in [0.5, 0.6) is 5.75 Å². The highest BCUT2D eigenvalue weighted by Crippen LogP contribution is 2.29. The van der Waals surface area contributed by atoms with Crippen LogP contribution in [0.4, 0.5) is 0 Å². The lowest BCUT2D eigenvalue weighted by molar-refractivity contribution is 0.0697. The number of carboxylic acid groups (broad SMARTS) is 1. The fourth-order valence-electron chi connectivity index (χ4n) is 2.83. The van der Waals surface area contributed by atoms with E-state index < -0.39 is 5.97 Å². The topological polar surface area (TPSA) is 59.4 Å². The Hall–Kier alpha value is -3.18. The summed E-state index contributed by atoms with van der Waals surface area (Å²) in [5, 5.41) is 12.9. The molecule has 4 nitrogen and oxygen atoms in total. The number of hydrogen-bond acceptors (Lipinski definition) is 4. The van der Waals surface area contributed by atoms with E-state index in [1.807, 2.05) is 42.6 Å². The molecule has 2 aromatic carbocycles. The van der Waals surface area contributed by atoms with Crippen LogP contribution >= 0.6 is 11.3 Å². The lowest BCUT2D eigenvalue weighted by Crippen LogP contribution is -1.95. The van der Waals surface area contributed by atoms with Crippen molar-refractivity contribution in [3.8, 4) is 16.9 Å². The molecule has 0 fully saturated rings. The summed E-state index contributed by atoms with van der Waals surface area (Å²) < 4.78 is 5.77. The van der Waals surface area contributed by atoms with E-state index in [0.29, 0.717) is 12.2 Å². The van der Waals surface area contributed by atoms with E-state index in [-0.39, 0.29) is 0 Å². The molecule has 4 rings (SSSR count). The van der Waals surface area contributed by atoms with Crippen molar-refractivity contribution in [3.63, 3.8) is 0 Å². The molecule has 0 amide bonds. The fourth-order valence-corrected chi connectivity index (χ4v) is 3.60. The second-order valence-corrected chi connectivity index (χ2v) is 6.82. The largest absolute Gasteiger partial charge is 0.488 e. The molecule has 0 aliphatic heterocycles. The number of hydrogen-bond donors (Lipinski definition) is 1. The van der Waals surface area contributed by atoms with Gasteiger partial charge in [-0.15, -0.1) is 11.3 Å². The number of carboxylic acids is 1. The van der Waals surface area contributed by atoms with Gasteiger partial charge in [0.2, 0.25) is 0 Å². The number of thiophene rings is 1. The molecule has 0 unspecified atom stereocenters. The van der Waals surface area contributed by atoms with Crippen molar-refractivity contribution >= 4 is 28.1 Å². The SMILES string of the molecule is O=C(O)c1csc(COc2ccc(-c3cccc4cnccc34)cc2)c1. The number of benzene rings is 2. The zero-order valence-corrected chi connectivity index (χ0v) is 14.6. The van der Waals surface area contributed by atoms with Crippen LogP contribution in [-0.2, 0) is 6.61 Å². The molecule has 26 heavy (non-hydrogen) atoms. The van der Waals surface area contributed by atoms with Crippen LogP contribution in [0.3, 0.4) is 0 Å². The lowest BCUT2D eigenvalue weighted by Gasteiger charge is -2.09. The highest BCUT2D eigenvalue weighted by atomic mass is 32.1. The second kappa shape index (κ2) is 6.98. The number of ether oxygens (including phenoxy) is 1. The highest BCUT2D eigenvalue weighted by Gasteiger charge is 2.07. The van der Waals surface area contributed by atoms with Crippen LogP contribution in [0.2, 0.25) is 0 Å². The lowest BCUT2D eigenvalue weighted by atomic mass is 9.99. The average molecular weight is 361 g/mol. The van der Waals surface area contributed by atoms with E-state index >= 15 is 0 Å². The van der Waals surface area contributed by atoms with Gasteiger partial charge < -0.3 is 9.84 Å². The van der Waals surface area contributed by atoms with Crippen LogP contribution in [0.25, 0.3) is 21.9 Å². The number of fused-ring (bicyclic) bond motifs is 1. The highest BCUT2D eigenvalue weighted by molar-refractivity contribution is 7.10. The molecule has 1 N–H and O–H groups in total. The van der Waals surface area contributed by atoms with Crippen LogP contribution in [-0.4, -0.2) is 16.1 Å². The molecule has 2 aromatic heterocycles. The van der Waals surface area contributed by atoms with Gasteiger partial charge in [-0.1, -0.05) is 30.3 Å². The van der Waals surface area contributed by atoms with Gasteiger partial charge >= 0.3 is 5.97 Å². The summed E-state index contributed by atoms with van der Waals surface area (Å²) in [7, 11) is 0. The van der Waals surface area contributed by atoms with Gasteiger partial charge in [-0.05, 0) is 40.8 Å². The Balaban J connectivity index is 1.52. The normalized spacial score (nSPS) is 10.8. The monoisotopic (exact) mass is 361 g/mol. The molecule has 0 atom stereocenters. The summed E-state index contributed by atoms with van der Waals surface area (Å²) in [5.74, 6) is -0.164. The molecule has 0 saturated carbocycles. The Morgan fingerprint density at radius 1 is 1.12 bits per heavy atom. The zero-order chi connectivity index (χ0) is 17.9. The molecule has 5 heteroatoms. The molecule has 0 saturated heterocycles. The van der Waals surface area contributed by atoms with Crippen molar-refractivity contribution in [2.75, 3.05) is 0 Å². The fraction of sp³-hybridized carbons (Fsp3) is 0.0476. The van der Waals surface area contributed by atoms with Gasteiger partial charge in [0, 0.05) is 28.0 Å². The van der Waals surface area contributed by atoms with Crippen molar-refractivity contribution in [2.45, 2.75) is 6.61 Å². The van der Waals surface area contributed by atoms with Gasteiger partial charge in [0.25, 0.3) is 0 Å². The molecule has 2 heterocycles. The summed E-state index contributed by atoms with van der Waals surface area (Å²) in [6, 6.07) is 17.8. The molecule has 0 aliphatic rings. The Kier molecular flexibility index (Phi) is 4.37. The molecule has 4 aromatic rings. The summed E-state index contributed by atoms with van der Waals surface area (Å²) in [6.45, 7) is 0.358. The first-order valence-corrected chi connectivity index (χ1v) is 8.95. The van der Waals surface area contributed by atoms with Gasteiger partial charge in [0.1, 0.15) is 12.4 Å². The minimum atomic E-state index is -0.915. The number of aromatic carboxylic acids is 1. The summed E-state index contributed by atoms with van der Waals surface area (Å²) in [6.07, 6.45) is 3.67. The van der Waals surface area contributed by atoms with Crippen LogP contribution < -0.4 is 4.74 Å². The summed E-state index contributed by atoms with van der Waals surface area (Å²) >= 11 is 1.39. The molecule has 128 valence electrons. The van der Waals surface area contributed by atoms with E-state index in [9.17, 15) is 4.79 Å². The minimum Gasteiger partial charge on any atom is -0.488 e. The quantitative estimate of drug-likeness (QED) is 0.528. The van der Waals surface area contributed by atoms with Crippen molar-refractivity contribution in [1.82, 2.24) is 4.98 Å². The summed E-state index contributed by atoms with van der Waals surface area (Å²) in [5.41, 5.74) is 2.56. The first-order chi connectivity index (χ1) is 12.7. The van der Waals surface area contributed by atoms with E-state index in [0.717, 1.165) is 32.5 Å². The summed E-state index contributed by atoms with van der Waals surface area (Å²) in [4.78, 5) is 16.0. The maximum absolute atomic E-state index is 10.9. The van der Waals surface area contributed by atoms with Gasteiger partial charge in [-0.25, -0.2) is 4.79 Å². The third-order valence-electron chi connectivity index (χ3n) is 4.13. The Morgan fingerprint density at radius 2 is 1.96 bits per heavy atom. The van der Waals surface area contributed by atoms with Gasteiger partial charge in [-0.2, -0.15) is 0 Å². The molecule has 0 radical (unpaired) electrons. The van der Waals surface area contributed by atoms with Crippen LogP contribution in [0.15, 0.2) is 72.4 Å². The van der Waals surface area contributed by atoms with Crippen molar-refractivity contribution < 1.29 is 14.6 Å². The molecular weight excluding hydrogens is 346 g/mol. The Morgan fingerprint density at radius 3 is 2.73 bits per heavy atom. The standard InChI is InChI=1S/C21H15NO3S/c23-21(24)16-10-18(26-13-16)12-25-17-6-4-14(5-7-17)19-3-1-2-15-11-22-9-8-20(15)19/h1-11,13H,12H2,(H,23,24). The first-order valence-electron chi connectivity index (χ1n) is 8.07. The molecule has 0 spiro atoms. The maximum Gasteiger partial charge on any atom is 0.336 e. The maximum atomic E-state index is 10.9. The van der Waals surface area contributed by atoms with Crippen molar-refractivity contribution in [3.05, 3.63) is 82.8 Å². The Bertz CT molecular complexity index is 1060. The third kappa shape index (κ3) is 3.30. The van der Waals surface area contributed by atoms with Gasteiger partial charge in [0.15, 0.2) is 0 Å². The number of carbonyl (C=O) groups is 1. The predicted molar refractivity (Wildman–Crippen MR) is 103 cm³/mol. The minimum absolute atomic E-state index is 0.300. The van der Waals surface area contributed by atoms with E-state index in [4.69, 9.17) is 9.84 Å². The van der Waals surface area contributed by atoms with E-state index in [1.54, 1.807) is 17.6 Å². The molecule has 0 bridgehead atoms. The van der Waals surface area contributed by atoms with Gasteiger partial charge in [-0.3, -0.25) is 4.98 Å². The van der Waals surface area contributed by atoms with Crippen LogP contribution in [0, 0.1) is 0 Å². The average Bonchev–Trinajstić information content (AvgIpc) is 3.16. The third-order valence-corrected chi connectivity index (χ3v) is 5.04.